The molecule has 0 radical (unpaired) electrons. The minimum atomic E-state index is -0.0162. The maximum atomic E-state index is 6.08. The average Bonchev–Trinajstić information content (AvgIpc) is 3.37. The van der Waals surface area contributed by atoms with E-state index in [4.69, 9.17) is 4.74 Å². The summed E-state index contributed by atoms with van der Waals surface area (Å²) in [5.41, 5.74) is 6.40. The topological polar surface area (TPSA) is 17.4 Å². The molecule has 0 saturated carbocycles. The van der Waals surface area contributed by atoms with E-state index in [2.05, 4.69) is 90.3 Å². The maximum Gasteiger partial charge on any atom is 0.158 e. The van der Waals surface area contributed by atoms with E-state index in [9.17, 15) is 0 Å². The van der Waals surface area contributed by atoms with Gasteiger partial charge in [0.25, 0.3) is 0 Å². The van der Waals surface area contributed by atoms with Gasteiger partial charge in [-0.1, -0.05) is 44.2 Å². The van der Waals surface area contributed by atoms with E-state index < -0.39 is 0 Å². The van der Waals surface area contributed by atoms with Gasteiger partial charge in [-0.3, -0.25) is 0 Å². The van der Waals surface area contributed by atoms with Crippen LogP contribution in [0.25, 0.3) is 5.69 Å². The van der Waals surface area contributed by atoms with E-state index in [1.807, 2.05) is 0 Å². The van der Waals surface area contributed by atoms with Crippen LogP contribution in [0.4, 0.5) is 5.69 Å². The molecular formula is C23H26N2O. The lowest BCUT2D eigenvalue weighted by atomic mass is 10.1. The number of ether oxygens (including phenoxy) is 1. The van der Waals surface area contributed by atoms with E-state index in [0.29, 0.717) is 0 Å². The van der Waals surface area contributed by atoms with Crippen molar-refractivity contribution >= 4 is 5.69 Å². The second-order valence-corrected chi connectivity index (χ2v) is 6.77. The van der Waals surface area contributed by atoms with Crippen LogP contribution >= 0.6 is 0 Å². The standard InChI is InChI=1S/C23H26N2O/c1-3-18-9-11-21(12-10-18)25-15-16-26-23(25)20-13-14-24(17-20)22-8-6-5-7-19(22)4-2/h5-14,17,23H,3-4,15-16H2,1-2H3/t23-/m1/s1. The molecule has 1 saturated heterocycles. The molecule has 1 aliphatic heterocycles. The van der Waals surface area contributed by atoms with E-state index in [1.54, 1.807) is 0 Å². The zero-order chi connectivity index (χ0) is 17.9. The van der Waals surface area contributed by atoms with Crippen molar-refractivity contribution in [3.63, 3.8) is 0 Å². The van der Waals surface area contributed by atoms with E-state index in [1.165, 1.54) is 28.1 Å². The summed E-state index contributed by atoms with van der Waals surface area (Å²) in [6, 6.07) is 19.6. The van der Waals surface area contributed by atoms with Gasteiger partial charge in [-0.15, -0.1) is 0 Å². The van der Waals surface area contributed by atoms with Crippen LogP contribution in [0.3, 0.4) is 0 Å². The Morgan fingerprint density at radius 3 is 2.54 bits per heavy atom. The summed E-state index contributed by atoms with van der Waals surface area (Å²) in [6.07, 6.45) is 6.43. The van der Waals surface area contributed by atoms with Crippen molar-refractivity contribution in [2.45, 2.75) is 32.9 Å². The third-order valence-corrected chi connectivity index (χ3v) is 5.22. The summed E-state index contributed by atoms with van der Waals surface area (Å²) in [5, 5.41) is 0. The predicted octanol–water partition coefficient (Wildman–Crippen LogP) is 5.14. The molecule has 0 bridgehead atoms. The molecule has 26 heavy (non-hydrogen) atoms. The number of hydrogen-bond acceptors (Lipinski definition) is 2. The second-order valence-electron chi connectivity index (χ2n) is 6.77. The number of para-hydroxylation sites is 1. The van der Waals surface area contributed by atoms with Gasteiger partial charge in [0, 0.05) is 35.9 Å². The van der Waals surface area contributed by atoms with Gasteiger partial charge in [-0.25, -0.2) is 0 Å². The Balaban J connectivity index is 1.61. The average molecular weight is 346 g/mol. The smallest absolute Gasteiger partial charge is 0.158 e. The SMILES string of the molecule is CCc1ccc(N2CCO[C@@H]2c2ccn(-c3ccccc3CC)c2)cc1. The van der Waals surface area contributed by atoms with Crippen molar-refractivity contribution in [1.29, 1.82) is 0 Å². The molecule has 0 N–H and O–H groups in total. The van der Waals surface area contributed by atoms with Gasteiger partial charge in [-0.05, 0) is 48.2 Å². The first kappa shape index (κ1) is 16.9. The maximum absolute atomic E-state index is 6.08. The Kier molecular flexibility index (Phi) is 4.81. The van der Waals surface area contributed by atoms with Crippen LogP contribution in [-0.2, 0) is 17.6 Å². The summed E-state index contributed by atoms with van der Waals surface area (Å²) >= 11 is 0. The normalized spacial score (nSPS) is 17.0. The van der Waals surface area contributed by atoms with Crippen LogP contribution in [0.1, 0.15) is 36.8 Å². The van der Waals surface area contributed by atoms with Crippen molar-refractivity contribution in [2.24, 2.45) is 0 Å². The number of rotatable bonds is 5. The highest BCUT2D eigenvalue weighted by Gasteiger charge is 2.28. The molecule has 3 nitrogen and oxygen atoms in total. The summed E-state index contributed by atoms with van der Waals surface area (Å²) in [6.45, 7) is 6.07. The molecule has 4 rings (SSSR count). The summed E-state index contributed by atoms with van der Waals surface area (Å²) in [4.78, 5) is 2.35. The molecule has 1 fully saturated rings. The van der Waals surface area contributed by atoms with E-state index in [-0.39, 0.29) is 6.23 Å². The van der Waals surface area contributed by atoms with Crippen LogP contribution < -0.4 is 4.90 Å². The molecular weight excluding hydrogens is 320 g/mol. The molecule has 2 aromatic carbocycles. The number of nitrogens with zero attached hydrogens (tertiary/aromatic N) is 2. The summed E-state index contributed by atoms with van der Waals surface area (Å²) in [5.74, 6) is 0. The molecule has 1 aliphatic rings. The zero-order valence-corrected chi connectivity index (χ0v) is 15.6. The highest BCUT2D eigenvalue weighted by molar-refractivity contribution is 5.51. The van der Waals surface area contributed by atoms with Gasteiger partial charge in [-0.2, -0.15) is 0 Å². The minimum absolute atomic E-state index is 0.0162. The lowest BCUT2D eigenvalue weighted by molar-refractivity contribution is 0.114. The van der Waals surface area contributed by atoms with Crippen LogP contribution in [0, 0.1) is 0 Å². The first-order chi connectivity index (χ1) is 12.8. The Hall–Kier alpha value is -2.52. The van der Waals surface area contributed by atoms with Crippen LogP contribution in [-0.4, -0.2) is 17.7 Å². The monoisotopic (exact) mass is 346 g/mol. The van der Waals surface area contributed by atoms with E-state index >= 15 is 0 Å². The van der Waals surface area contributed by atoms with Crippen LogP contribution in [0.5, 0.6) is 0 Å². The number of anilines is 1. The van der Waals surface area contributed by atoms with Gasteiger partial charge >= 0.3 is 0 Å². The number of aromatic nitrogens is 1. The summed E-state index contributed by atoms with van der Waals surface area (Å²) < 4.78 is 8.30. The Bertz CT molecular complexity index is 866. The highest BCUT2D eigenvalue weighted by Crippen LogP contribution is 2.33. The third kappa shape index (κ3) is 3.15. The highest BCUT2D eigenvalue weighted by atomic mass is 16.5. The first-order valence-electron chi connectivity index (χ1n) is 9.53. The summed E-state index contributed by atoms with van der Waals surface area (Å²) in [7, 11) is 0. The van der Waals surface area contributed by atoms with Crippen LogP contribution in [0.2, 0.25) is 0 Å². The Labute approximate surface area is 155 Å². The molecule has 1 aromatic heterocycles. The van der Waals surface area contributed by atoms with Crippen molar-refractivity contribution in [3.8, 4) is 5.69 Å². The molecule has 2 heterocycles. The van der Waals surface area contributed by atoms with Crippen molar-refractivity contribution in [2.75, 3.05) is 18.1 Å². The molecule has 0 unspecified atom stereocenters. The van der Waals surface area contributed by atoms with E-state index in [0.717, 1.165) is 26.0 Å². The molecule has 0 spiro atoms. The third-order valence-electron chi connectivity index (χ3n) is 5.22. The van der Waals surface area contributed by atoms with Gasteiger partial charge < -0.3 is 14.2 Å². The molecule has 0 amide bonds. The van der Waals surface area contributed by atoms with Crippen molar-refractivity contribution in [1.82, 2.24) is 4.57 Å². The fourth-order valence-electron chi connectivity index (χ4n) is 3.70. The van der Waals surface area contributed by atoms with Gasteiger partial charge in [0.05, 0.1) is 6.61 Å². The fourth-order valence-corrected chi connectivity index (χ4v) is 3.70. The largest absolute Gasteiger partial charge is 0.352 e. The lowest BCUT2D eigenvalue weighted by Crippen LogP contribution is -2.22. The number of hydrogen-bond donors (Lipinski definition) is 0. The lowest BCUT2D eigenvalue weighted by Gasteiger charge is -2.24. The second kappa shape index (κ2) is 7.38. The predicted molar refractivity (Wildman–Crippen MR) is 107 cm³/mol. The fraction of sp³-hybridized carbons (Fsp3) is 0.304. The Morgan fingerprint density at radius 1 is 0.962 bits per heavy atom. The molecule has 1 atom stereocenters. The van der Waals surface area contributed by atoms with Gasteiger partial charge in [0.15, 0.2) is 6.23 Å². The van der Waals surface area contributed by atoms with Crippen molar-refractivity contribution in [3.05, 3.63) is 83.7 Å². The minimum Gasteiger partial charge on any atom is -0.352 e. The molecule has 3 heteroatoms. The Morgan fingerprint density at radius 2 is 1.77 bits per heavy atom. The zero-order valence-electron chi connectivity index (χ0n) is 15.6. The van der Waals surface area contributed by atoms with Crippen molar-refractivity contribution < 1.29 is 4.74 Å². The molecule has 0 aliphatic carbocycles. The molecule has 134 valence electrons. The quantitative estimate of drug-likeness (QED) is 0.636. The molecule has 3 aromatic rings. The van der Waals surface area contributed by atoms with Crippen LogP contribution in [0.15, 0.2) is 67.0 Å². The number of aryl methyl sites for hydroxylation is 2. The first-order valence-corrected chi connectivity index (χ1v) is 9.53. The number of benzene rings is 2. The van der Waals surface area contributed by atoms with Gasteiger partial charge in [0.2, 0.25) is 0 Å². The van der Waals surface area contributed by atoms with Gasteiger partial charge in [0.1, 0.15) is 0 Å².